The van der Waals surface area contributed by atoms with Crippen LogP contribution >= 0.6 is 12.2 Å². The lowest BCUT2D eigenvalue weighted by molar-refractivity contribution is -0.144. The van der Waals surface area contributed by atoms with E-state index < -0.39 is 5.41 Å². The number of hydrogen-bond donors (Lipinski definition) is 1. The fourth-order valence-corrected chi connectivity index (χ4v) is 3.61. The zero-order valence-electron chi connectivity index (χ0n) is 11.8. The number of hydrogen-bond acceptors (Lipinski definition) is 4. The highest BCUT2D eigenvalue weighted by Gasteiger charge is 2.46. The molecule has 3 rings (SSSR count). The highest BCUT2D eigenvalue weighted by atomic mass is 32.1. The maximum Gasteiger partial charge on any atom is 0.235 e. The third-order valence-corrected chi connectivity index (χ3v) is 5.28. The number of amides is 1. The zero-order valence-corrected chi connectivity index (χ0v) is 12.7. The summed E-state index contributed by atoms with van der Waals surface area (Å²) < 4.78 is 5.38. The lowest BCUT2D eigenvalue weighted by Gasteiger charge is -2.42. The van der Waals surface area contributed by atoms with Gasteiger partial charge >= 0.3 is 0 Å². The number of thiocarbonyl (C=S) groups is 1. The van der Waals surface area contributed by atoms with Crippen LogP contribution in [0.2, 0.25) is 0 Å². The van der Waals surface area contributed by atoms with E-state index in [-0.39, 0.29) is 5.91 Å². The van der Waals surface area contributed by atoms with Crippen molar-refractivity contribution in [3.05, 3.63) is 0 Å². The van der Waals surface area contributed by atoms with Gasteiger partial charge in [-0.05, 0) is 25.7 Å². The summed E-state index contributed by atoms with van der Waals surface area (Å²) in [7, 11) is 0. The van der Waals surface area contributed by atoms with Crippen molar-refractivity contribution in [3.8, 4) is 0 Å². The Morgan fingerprint density at radius 2 is 1.75 bits per heavy atom. The molecule has 112 valence electrons. The molecule has 0 aromatic heterocycles. The van der Waals surface area contributed by atoms with Crippen molar-refractivity contribution >= 4 is 23.1 Å². The van der Waals surface area contributed by atoms with E-state index in [9.17, 15) is 4.79 Å². The molecule has 0 atom stereocenters. The Labute approximate surface area is 125 Å². The quantitative estimate of drug-likeness (QED) is 0.763. The van der Waals surface area contributed by atoms with E-state index in [1.54, 1.807) is 0 Å². The first kappa shape index (κ1) is 14.2. The van der Waals surface area contributed by atoms with Gasteiger partial charge in [-0.1, -0.05) is 12.2 Å². The molecule has 2 heterocycles. The monoisotopic (exact) mass is 297 g/mol. The van der Waals surface area contributed by atoms with Gasteiger partial charge in [-0.2, -0.15) is 0 Å². The molecule has 5 nitrogen and oxygen atoms in total. The minimum Gasteiger partial charge on any atom is -0.392 e. The van der Waals surface area contributed by atoms with E-state index in [0.717, 1.165) is 32.2 Å². The number of nitrogens with zero attached hydrogens (tertiary/aromatic N) is 2. The largest absolute Gasteiger partial charge is 0.392 e. The predicted molar refractivity (Wildman–Crippen MR) is 80.4 cm³/mol. The van der Waals surface area contributed by atoms with Crippen LogP contribution in [0.4, 0.5) is 0 Å². The summed E-state index contributed by atoms with van der Waals surface area (Å²) in [6, 6.07) is 0.778. The normalized spacial score (nSPS) is 27.3. The minimum atomic E-state index is -0.657. The van der Waals surface area contributed by atoms with Gasteiger partial charge in [0.05, 0.1) is 4.99 Å². The van der Waals surface area contributed by atoms with Crippen LogP contribution in [-0.2, 0) is 9.53 Å². The second kappa shape index (κ2) is 5.58. The summed E-state index contributed by atoms with van der Waals surface area (Å²) in [4.78, 5) is 17.7. The Kier molecular flexibility index (Phi) is 3.97. The maximum atomic E-state index is 12.9. The summed E-state index contributed by atoms with van der Waals surface area (Å²) >= 11 is 5.21. The lowest BCUT2D eigenvalue weighted by atomic mass is 9.78. The van der Waals surface area contributed by atoms with Crippen molar-refractivity contribution in [1.82, 2.24) is 9.80 Å². The average molecular weight is 297 g/mol. The van der Waals surface area contributed by atoms with Crippen molar-refractivity contribution in [3.63, 3.8) is 0 Å². The van der Waals surface area contributed by atoms with Gasteiger partial charge in [-0.3, -0.25) is 9.69 Å². The first-order valence-corrected chi connectivity index (χ1v) is 7.95. The van der Waals surface area contributed by atoms with E-state index in [0.29, 0.717) is 31.0 Å². The molecule has 6 heteroatoms. The molecule has 0 radical (unpaired) electrons. The second-order valence-corrected chi connectivity index (χ2v) is 6.56. The van der Waals surface area contributed by atoms with Crippen LogP contribution in [-0.4, -0.2) is 66.1 Å². The van der Waals surface area contributed by atoms with Gasteiger partial charge in [-0.15, -0.1) is 0 Å². The molecule has 0 aromatic carbocycles. The predicted octanol–water partition coefficient (Wildman–Crippen LogP) is 0.376. The second-order valence-electron chi connectivity index (χ2n) is 6.12. The lowest BCUT2D eigenvalue weighted by Crippen LogP contribution is -2.57. The van der Waals surface area contributed by atoms with Gasteiger partial charge in [0.15, 0.2) is 0 Å². The Morgan fingerprint density at radius 3 is 2.25 bits per heavy atom. The van der Waals surface area contributed by atoms with Gasteiger partial charge in [-0.25, -0.2) is 0 Å². The Bertz CT molecular complexity index is 397. The van der Waals surface area contributed by atoms with Gasteiger partial charge in [0.2, 0.25) is 5.91 Å². The van der Waals surface area contributed by atoms with Crippen LogP contribution in [0.25, 0.3) is 0 Å². The van der Waals surface area contributed by atoms with E-state index >= 15 is 0 Å². The van der Waals surface area contributed by atoms with Crippen LogP contribution in [0.1, 0.15) is 25.7 Å². The molecule has 1 amide bonds. The van der Waals surface area contributed by atoms with Crippen molar-refractivity contribution in [2.45, 2.75) is 31.7 Å². The smallest absolute Gasteiger partial charge is 0.235 e. The molecule has 3 aliphatic rings. The zero-order chi connectivity index (χ0) is 14.2. The van der Waals surface area contributed by atoms with Gasteiger partial charge in [0, 0.05) is 45.4 Å². The first-order chi connectivity index (χ1) is 9.63. The topological polar surface area (TPSA) is 58.8 Å². The number of nitrogens with two attached hydrogens (primary N) is 1. The molecule has 2 N–H and O–H groups in total. The van der Waals surface area contributed by atoms with Crippen LogP contribution in [0, 0.1) is 5.41 Å². The Morgan fingerprint density at radius 1 is 1.15 bits per heavy atom. The standard InChI is InChI=1S/C14H23N3O2S/c15-12(20)14(3-9-19-10-4-14)13(18)17-7-5-16(6-8-17)11-1-2-11/h11H,1-10H2,(H2,15,20). The summed E-state index contributed by atoms with van der Waals surface area (Å²) in [6.45, 7) is 4.73. The van der Waals surface area contributed by atoms with Crippen LogP contribution in [0.5, 0.6) is 0 Å². The molecule has 3 fully saturated rings. The number of rotatable bonds is 3. The maximum absolute atomic E-state index is 12.9. The molecular formula is C14H23N3O2S. The summed E-state index contributed by atoms with van der Waals surface area (Å²) in [6.07, 6.45) is 3.90. The molecule has 0 spiro atoms. The summed E-state index contributed by atoms with van der Waals surface area (Å²) in [5, 5.41) is 0. The molecule has 20 heavy (non-hydrogen) atoms. The first-order valence-electron chi connectivity index (χ1n) is 7.54. The fourth-order valence-electron chi connectivity index (χ4n) is 3.32. The van der Waals surface area contributed by atoms with E-state index in [1.807, 2.05) is 4.90 Å². The molecule has 1 aliphatic carbocycles. The molecule has 1 saturated carbocycles. The van der Waals surface area contributed by atoms with Crippen LogP contribution in [0.3, 0.4) is 0 Å². The van der Waals surface area contributed by atoms with Crippen molar-refractivity contribution in [2.75, 3.05) is 39.4 Å². The fraction of sp³-hybridized carbons (Fsp3) is 0.857. The molecule has 0 bridgehead atoms. The van der Waals surface area contributed by atoms with Crippen molar-refractivity contribution in [1.29, 1.82) is 0 Å². The van der Waals surface area contributed by atoms with E-state index in [2.05, 4.69) is 4.90 Å². The van der Waals surface area contributed by atoms with Crippen LogP contribution < -0.4 is 5.73 Å². The highest BCUT2D eigenvalue weighted by molar-refractivity contribution is 7.80. The average Bonchev–Trinajstić information content (AvgIpc) is 3.32. The van der Waals surface area contributed by atoms with E-state index in [4.69, 9.17) is 22.7 Å². The van der Waals surface area contributed by atoms with Crippen molar-refractivity contribution < 1.29 is 9.53 Å². The molecule has 0 aromatic rings. The molecule has 0 unspecified atom stereocenters. The third-order valence-electron chi connectivity index (χ3n) is 4.89. The third kappa shape index (κ3) is 2.56. The highest BCUT2D eigenvalue weighted by Crippen LogP contribution is 2.34. The Balaban J connectivity index is 1.65. The number of carbonyl (C=O) groups is 1. The molecule has 2 saturated heterocycles. The number of piperazine rings is 1. The summed E-state index contributed by atoms with van der Waals surface area (Å²) in [5.74, 6) is 0.128. The van der Waals surface area contributed by atoms with E-state index in [1.165, 1.54) is 12.8 Å². The van der Waals surface area contributed by atoms with Gasteiger partial charge < -0.3 is 15.4 Å². The summed E-state index contributed by atoms with van der Waals surface area (Å²) in [5.41, 5.74) is 5.26. The minimum absolute atomic E-state index is 0.128. The number of ether oxygens (including phenoxy) is 1. The number of carbonyl (C=O) groups excluding carboxylic acids is 1. The molecule has 2 aliphatic heterocycles. The van der Waals surface area contributed by atoms with Gasteiger partial charge in [0.1, 0.15) is 5.41 Å². The Hall–Kier alpha value is -0.720. The molecular weight excluding hydrogens is 274 g/mol. The van der Waals surface area contributed by atoms with Crippen LogP contribution in [0.15, 0.2) is 0 Å². The SMILES string of the molecule is NC(=S)C1(C(=O)N2CCN(C3CC3)CC2)CCOCC1. The van der Waals surface area contributed by atoms with Crippen molar-refractivity contribution in [2.24, 2.45) is 11.1 Å². The van der Waals surface area contributed by atoms with Gasteiger partial charge in [0.25, 0.3) is 0 Å².